The van der Waals surface area contributed by atoms with E-state index in [1.54, 1.807) is 0 Å². The summed E-state index contributed by atoms with van der Waals surface area (Å²) in [6.07, 6.45) is 1.36. The predicted molar refractivity (Wildman–Crippen MR) is 84.2 cm³/mol. The lowest BCUT2D eigenvalue weighted by molar-refractivity contribution is 0.0639. The topological polar surface area (TPSA) is 26.7 Å². The Morgan fingerprint density at radius 2 is 1.80 bits per heavy atom. The summed E-state index contributed by atoms with van der Waals surface area (Å²) >= 11 is 0. The first-order valence-electron chi connectivity index (χ1n) is 7.58. The van der Waals surface area contributed by atoms with E-state index in [9.17, 15) is 5.11 Å². The zero-order valence-electron chi connectivity index (χ0n) is 13.3. The molecule has 20 heavy (non-hydrogen) atoms. The third kappa shape index (κ3) is 4.30. The number of piperazine rings is 1. The summed E-state index contributed by atoms with van der Waals surface area (Å²) in [5.74, 6) is 0. The normalized spacial score (nSPS) is 22.9. The van der Waals surface area contributed by atoms with Crippen molar-refractivity contribution in [2.75, 3.05) is 33.7 Å². The highest BCUT2D eigenvalue weighted by Gasteiger charge is 2.24. The SMILES string of the molecule is Cc1cc(C)cc(CC(O)CC2CN(C)CCN2C)c1. The Morgan fingerprint density at radius 1 is 1.15 bits per heavy atom. The number of aliphatic hydroxyl groups is 1. The van der Waals surface area contributed by atoms with Crippen LogP contribution in [0.15, 0.2) is 18.2 Å². The molecule has 0 amide bonds. The molecule has 2 unspecified atom stereocenters. The molecule has 2 atom stereocenters. The molecule has 1 aromatic rings. The molecule has 3 nitrogen and oxygen atoms in total. The summed E-state index contributed by atoms with van der Waals surface area (Å²) in [6.45, 7) is 7.51. The van der Waals surface area contributed by atoms with E-state index < -0.39 is 0 Å². The summed E-state index contributed by atoms with van der Waals surface area (Å²) in [5, 5.41) is 10.4. The van der Waals surface area contributed by atoms with E-state index in [-0.39, 0.29) is 6.10 Å². The van der Waals surface area contributed by atoms with Gasteiger partial charge in [0, 0.05) is 25.7 Å². The molecule has 0 aromatic heterocycles. The number of aliphatic hydroxyl groups excluding tert-OH is 1. The van der Waals surface area contributed by atoms with E-state index >= 15 is 0 Å². The van der Waals surface area contributed by atoms with Gasteiger partial charge in [0.25, 0.3) is 0 Å². The third-order valence-electron chi connectivity index (χ3n) is 4.28. The molecule has 0 radical (unpaired) electrons. The van der Waals surface area contributed by atoms with Crippen LogP contribution >= 0.6 is 0 Å². The van der Waals surface area contributed by atoms with Crippen molar-refractivity contribution in [2.45, 2.75) is 38.8 Å². The standard InChI is InChI=1S/C17H28N2O/c1-13-7-14(2)9-15(8-13)10-17(20)11-16-12-18(3)5-6-19(16)4/h7-9,16-17,20H,5-6,10-12H2,1-4H3. The van der Waals surface area contributed by atoms with Crippen LogP contribution < -0.4 is 0 Å². The van der Waals surface area contributed by atoms with Gasteiger partial charge in [-0.15, -0.1) is 0 Å². The second kappa shape index (κ2) is 6.70. The number of aryl methyl sites for hydroxylation is 2. The molecular formula is C17H28N2O. The number of hydrogen-bond donors (Lipinski definition) is 1. The van der Waals surface area contributed by atoms with Crippen LogP contribution in [0.3, 0.4) is 0 Å². The predicted octanol–water partition coefficient (Wildman–Crippen LogP) is 1.84. The Kier molecular flexibility index (Phi) is 5.19. The van der Waals surface area contributed by atoms with E-state index in [0.29, 0.717) is 6.04 Å². The van der Waals surface area contributed by atoms with Crippen LogP contribution in [0.2, 0.25) is 0 Å². The Morgan fingerprint density at radius 3 is 2.45 bits per heavy atom. The number of rotatable bonds is 4. The van der Waals surface area contributed by atoms with Gasteiger partial charge in [0.05, 0.1) is 6.10 Å². The summed E-state index contributed by atoms with van der Waals surface area (Å²) < 4.78 is 0. The summed E-state index contributed by atoms with van der Waals surface area (Å²) in [5.41, 5.74) is 3.81. The van der Waals surface area contributed by atoms with Crippen molar-refractivity contribution in [3.63, 3.8) is 0 Å². The number of likely N-dealkylation sites (N-methyl/N-ethyl adjacent to an activating group) is 2. The molecule has 0 saturated carbocycles. The van der Waals surface area contributed by atoms with Crippen molar-refractivity contribution in [3.8, 4) is 0 Å². The molecule has 2 rings (SSSR count). The Labute approximate surface area is 123 Å². The molecule has 1 aromatic carbocycles. The van der Waals surface area contributed by atoms with Crippen molar-refractivity contribution in [1.29, 1.82) is 0 Å². The maximum absolute atomic E-state index is 10.4. The molecule has 0 spiro atoms. The Bertz CT molecular complexity index is 426. The van der Waals surface area contributed by atoms with Crippen molar-refractivity contribution in [1.82, 2.24) is 9.80 Å². The quantitative estimate of drug-likeness (QED) is 0.909. The highest BCUT2D eigenvalue weighted by atomic mass is 16.3. The van der Waals surface area contributed by atoms with Gasteiger partial charge in [0.1, 0.15) is 0 Å². The molecule has 112 valence electrons. The Hall–Kier alpha value is -0.900. The first-order valence-corrected chi connectivity index (χ1v) is 7.58. The van der Waals surface area contributed by atoms with Gasteiger partial charge in [0.2, 0.25) is 0 Å². The van der Waals surface area contributed by atoms with Gasteiger partial charge in [-0.1, -0.05) is 29.3 Å². The third-order valence-corrected chi connectivity index (χ3v) is 4.28. The molecular weight excluding hydrogens is 248 g/mol. The van der Waals surface area contributed by atoms with Crippen LogP contribution in [-0.4, -0.2) is 60.8 Å². The molecule has 0 aliphatic carbocycles. The highest BCUT2D eigenvalue weighted by molar-refractivity contribution is 5.28. The molecule has 1 saturated heterocycles. The van der Waals surface area contributed by atoms with E-state index in [0.717, 1.165) is 32.5 Å². The average molecular weight is 276 g/mol. The van der Waals surface area contributed by atoms with Crippen molar-refractivity contribution >= 4 is 0 Å². The second-order valence-electron chi connectivity index (χ2n) is 6.49. The minimum Gasteiger partial charge on any atom is -0.393 e. The van der Waals surface area contributed by atoms with Gasteiger partial charge < -0.3 is 14.9 Å². The highest BCUT2D eigenvalue weighted by Crippen LogP contribution is 2.16. The van der Waals surface area contributed by atoms with Crippen molar-refractivity contribution < 1.29 is 5.11 Å². The molecule has 3 heteroatoms. The van der Waals surface area contributed by atoms with Gasteiger partial charge >= 0.3 is 0 Å². The smallest absolute Gasteiger partial charge is 0.0595 e. The first-order chi connectivity index (χ1) is 9.44. The minimum absolute atomic E-state index is 0.254. The lowest BCUT2D eigenvalue weighted by Gasteiger charge is -2.38. The van der Waals surface area contributed by atoms with Gasteiger partial charge in [-0.2, -0.15) is 0 Å². The zero-order valence-corrected chi connectivity index (χ0v) is 13.3. The van der Waals surface area contributed by atoms with Gasteiger partial charge in [0.15, 0.2) is 0 Å². The summed E-state index contributed by atoms with van der Waals surface area (Å²) in [4.78, 5) is 4.74. The fourth-order valence-corrected chi connectivity index (χ4v) is 3.21. The molecule has 1 N–H and O–H groups in total. The van der Waals surface area contributed by atoms with Crippen LogP contribution in [-0.2, 0) is 6.42 Å². The van der Waals surface area contributed by atoms with Gasteiger partial charge in [-0.3, -0.25) is 0 Å². The van der Waals surface area contributed by atoms with Crippen LogP contribution in [0.25, 0.3) is 0 Å². The van der Waals surface area contributed by atoms with Crippen LogP contribution in [0.4, 0.5) is 0 Å². The van der Waals surface area contributed by atoms with E-state index in [1.807, 2.05) is 0 Å². The number of benzene rings is 1. The molecule has 1 aliphatic rings. The minimum atomic E-state index is -0.254. The second-order valence-corrected chi connectivity index (χ2v) is 6.49. The zero-order chi connectivity index (χ0) is 14.7. The number of nitrogens with zero attached hydrogens (tertiary/aromatic N) is 2. The molecule has 0 bridgehead atoms. The van der Waals surface area contributed by atoms with Crippen molar-refractivity contribution in [3.05, 3.63) is 34.9 Å². The van der Waals surface area contributed by atoms with E-state index in [1.165, 1.54) is 16.7 Å². The maximum atomic E-state index is 10.4. The lowest BCUT2D eigenvalue weighted by Crippen LogP contribution is -2.51. The van der Waals surface area contributed by atoms with E-state index in [4.69, 9.17) is 0 Å². The largest absolute Gasteiger partial charge is 0.393 e. The number of hydrogen-bond acceptors (Lipinski definition) is 3. The monoisotopic (exact) mass is 276 g/mol. The first kappa shape index (κ1) is 15.5. The van der Waals surface area contributed by atoms with Crippen molar-refractivity contribution in [2.24, 2.45) is 0 Å². The van der Waals surface area contributed by atoms with E-state index in [2.05, 4.69) is 55.9 Å². The van der Waals surface area contributed by atoms with Crippen LogP contribution in [0.1, 0.15) is 23.1 Å². The van der Waals surface area contributed by atoms with Crippen LogP contribution in [0.5, 0.6) is 0 Å². The molecule has 1 heterocycles. The van der Waals surface area contributed by atoms with Crippen LogP contribution in [0, 0.1) is 13.8 Å². The Balaban J connectivity index is 1.92. The summed E-state index contributed by atoms with van der Waals surface area (Å²) in [6, 6.07) is 7.02. The molecule has 1 fully saturated rings. The average Bonchev–Trinajstić information content (AvgIpc) is 2.32. The fraction of sp³-hybridized carbons (Fsp3) is 0.647. The van der Waals surface area contributed by atoms with Gasteiger partial charge in [-0.25, -0.2) is 0 Å². The summed E-state index contributed by atoms with van der Waals surface area (Å²) in [7, 11) is 4.33. The fourth-order valence-electron chi connectivity index (χ4n) is 3.21. The molecule has 1 aliphatic heterocycles. The van der Waals surface area contributed by atoms with Gasteiger partial charge in [-0.05, 0) is 46.3 Å². The maximum Gasteiger partial charge on any atom is 0.0595 e. The lowest BCUT2D eigenvalue weighted by atomic mass is 9.97.